The summed E-state index contributed by atoms with van der Waals surface area (Å²) in [5.74, 6) is 0. The van der Waals surface area contributed by atoms with Crippen molar-refractivity contribution in [3.8, 4) is 10.6 Å². The van der Waals surface area contributed by atoms with Crippen LogP contribution in [-0.4, -0.2) is 11.5 Å². The largest absolute Gasteiger partial charge is 0.330 e. The number of hydrogen-bond acceptors (Lipinski definition) is 3. The van der Waals surface area contributed by atoms with Gasteiger partial charge in [0.2, 0.25) is 0 Å². The summed E-state index contributed by atoms with van der Waals surface area (Å²) in [5, 5.41) is 1.77. The van der Waals surface area contributed by atoms with Gasteiger partial charge in [-0.25, -0.2) is 4.98 Å². The van der Waals surface area contributed by atoms with Gasteiger partial charge in [0.15, 0.2) is 0 Å². The number of rotatable bonds is 3. The maximum absolute atomic E-state index is 6.18. The highest BCUT2D eigenvalue weighted by molar-refractivity contribution is 7.22. The summed E-state index contributed by atoms with van der Waals surface area (Å²) in [6.45, 7) is 0.677. The van der Waals surface area contributed by atoms with Crippen molar-refractivity contribution in [2.45, 2.75) is 6.42 Å². The zero-order chi connectivity index (χ0) is 13.2. The van der Waals surface area contributed by atoms with Gasteiger partial charge in [-0.1, -0.05) is 41.9 Å². The Morgan fingerprint density at radius 2 is 1.89 bits per heavy atom. The second-order valence-electron chi connectivity index (χ2n) is 4.34. The molecule has 96 valence electrons. The molecule has 2 N–H and O–H groups in total. The van der Waals surface area contributed by atoms with Crippen molar-refractivity contribution in [1.82, 2.24) is 4.98 Å². The van der Waals surface area contributed by atoms with Gasteiger partial charge in [-0.15, -0.1) is 11.3 Å². The van der Waals surface area contributed by atoms with E-state index < -0.39 is 0 Å². The zero-order valence-corrected chi connectivity index (χ0v) is 11.8. The van der Waals surface area contributed by atoms with Gasteiger partial charge in [0.1, 0.15) is 5.01 Å². The molecule has 19 heavy (non-hydrogen) atoms. The van der Waals surface area contributed by atoms with Crippen molar-refractivity contribution in [3.63, 3.8) is 0 Å². The maximum Gasteiger partial charge on any atom is 0.124 e. The van der Waals surface area contributed by atoms with E-state index in [0.29, 0.717) is 6.54 Å². The highest BCUT2D eigenvalue weighted by Crippen LogP contribution is 2.34. The molecule has 1 aromatic heterocycles. The normalized spacial score (nSPS) is 11.1. The number of nitrogens with zero attached hydrogens (tertiary/aromatic N) is 1. The summed E-state index contributed by atoms with van der Waals surface area (Å²) in [5.41, 5.74) is 8.89. The van der Waals surface area contributed by atoms with Crippen LogP contribution < -0.4 is 5.73 Å². The standard InChI is InChI=1S/C15H13ClN2S/c16-12-2-1-3-13-14(12)19-15(18-13)11-6-4-10(5-7-11)8-9-17/h1-7H,8-9,17H2. The van der Waals surface area contributed by atoms with Gasteiger partial charge >= 0.3 is 0 Å². The van der Waals surface area contributed by atoms with E-state index in [2.05, 4.69) is 29.2 Å². The van der Waals surface area contributed by atoms with E-state index in [1.165, 1.54) is 5.56 Å². The first kappa shape index (κ1) is 12.6. The molecule has 2 nitrogen and oxygen atoms in total. The topological polar surface area (TPSA) is 38.9 Å². The first-order valence-electron chi connectivity index (χ1n) is 6.12. The van der Waals surface area contributed by atoms with E-state index in [1.54, 1.807) is 11.3 Å². The Kier molecular flexibility index (Phi) is 3.51. The first-order chi connectivity index (χ1) is 9.28. The SMILES string of the molecule is NCCc1ccc(-c2nc3cccc(Cl)c3s2)cc1. The second-order valence-corrected chi connectivity index (χ2v) is 5.75. The summed E-state index contributed by atoms with van der Waals surface area (Å²) in [4.78, 5) is 4.63. The Labute approximate surface area is 120 Å². The van der Waals surface area contributed by atoms with Crippen LogP contribution in [0.1, 0.15) is 5.56 Å². The summed E-state index contributed by atoms with van der Waals surface area (Å²) in [6, 6.07) is 14.2. The van der Waals surface area contributed by atoms with E-state index in [-0.39, 0.29) is 0 Å². The molecule has 3 aromatic rings. The number of fused-ring (bicyclic) bond motifs is 1. The lowest BCUT2D eigenvalue weighted by Crippen LogP contribution is -2.02. The lowest BCUT2D eigenvalue weighted by atomic mass is 10.1. The molecule has 0 bridgehead atoms. The van der Waals surface area contributed by atoms with Crippen LogP contribution in [0.15, 0.2) is 42.5 Å². The second kappa shape index (κ2) is 5.29. The van der Waals surface area contributed by atoms with Crippen LogP contribution in [0.25, 0.3) is 20.8 Å². The molecule has 3 rings (SSSR count). The molecule has 0 aliphatic rings. The fourth-order valence-corrected chi connectivity index (χ4v) is 3.28. The fraction of sp³-hybridized carbons (Fsp3) is 0.133. The minimum atomic E-state index is 0.677. The van der Waals surface area contributed by atoms with E-state index in [1.807, 2.05) is 18.2 Å². The molecule has 0 atom stereocenters. The molecule has 0 unspecified atom stereocenters. The van der Waals surface area contributed by atoms with Crippen molar-refractivity contribution in [2.75, 3.05) is 6.54 Å². The molecule has 0 spiro atoms. The van der Waals surface area contributed by atoms with Gasteiger partial charge in [0.05, 0.1) is 15.2 Å². The van der Waals surface area contributed by atoms with E-state index in [4.69, 9.17) is 17.3 Å². The molecular weight excluding hydrogens is 276 g/mol. The van der Waals surface area contributed by atoms with Gasteiger partial charge < -0.3 is 5.73 Å². The average molecular weight is 289 g/mol. The fourth-order valence-electron chi connectivity index (χ4n) is 2.02. The lowest BCUT2D eigenvalue weighted by molar-refractivity contribution is 0.969. The quantitative estimate of drug-likeness (QED) is 0.787. The molecule has 2 aromatic carbocycles. The van der Waals surface area contributed by atoms with Crippen molar-refractivity contribution < 1.29 is 0 Å². The Balaban J connectivity index is 2.01. The number of benzene rings is 2. The molecule has 0 aliphatic heterocycles. The number of hydrogen-bond donors (Lipinski definition) is 1. The van der Waals surface area contributed by atoms with Gasteiger partial charge in [0.25, 0.3) is 0 Å². The maximum atomic E-state index is 6.18. The highest BCUT2D eigenvalue weighted by atomic mass is 35.5. The number of aromatic nitrogens is 1. The van der Waals surface area contributed by atoms with Crippen molar-refractivity contribution in [1.29, 1.82) is 0 Å². The molecule has 0 amide bonds. The first-order valence-corrected chi connectivity index (χ1v) is 7.32. The van der Waals surface area contributed by atoms with Crippen LogP contribution in [0.3, 0.4) is 0 Å². The Morgan fingerprint density at radius 3 is 2.58 bits per heavy atom. The molecule has 0 saturated carbocycles. The molecule has 0 aliphatic carbocycles. The van der Waals surface area contributed by atoms with Crippen LogP contribution in [0, 0.1) is 0 Å². The monoisotopic (exact) mass is 288 g/mol. The van der Waals surface area contributed by atoms with Crippen molar-refractivity contribution in [2.24, 2.45) is 5.73 Å². The summed E-state index contributed by atoms with van der Waals surface area (Å²) < 4.78 is 1.05. The third kappa shape index (κ3) is 2.50. The molecule has 4 heteroatoms. The lowest BCUT2D eigenvalue weighted by Gasteiger charge is -2.00. The number of nitrogens with two attached hydrogens (primary N) is 1. The van der Waals surface area contributed by atoms with Crippen LogP contribution >= 0.6 is 22.9 Å². The predicted molar refractivity (Wildman–Crippen MR) is 82.8 cm³/mol. The van der Waals surface area contributed by atoms with E-state index in [9.17, 15) is 0 Å². The molecule has 0 saturated heterocycles. The molecule has 1 heterocycles. The van der Waals surface area contributed by atoms with Gasteiger partial charge in [0, 0.05) is 5.56 Å². The third-order valence-corrected chi connectivity index (χ3v) is 4.58. The average Bonchev–Trinajstić information content (AvgIpc) is 2.85. The summed E-state index contributed by atoms with van der Waals surface area (Å²) in [6.07, 6.45) is 0.909. The van der Waals surface area contributed by atoms with E-state index in [0.717, 1.165) is 32.2 Å². The minimum Gasteiger partial charge on any atom is -0.330 e. The Hall–Kier alpha value is -1.42. The van der Waals surface area contributed by atoms with E-state index >= 15 is 0 Å². The summed E-state index contributed by atoms with van der Waals surface area (Å²) >= 11 is 7.81. The third-order valence-electron chi connectivity index (χ3n) is 3.00. The van der Waals surface area contributed by atoms with Gasteiger partial charge in [-0.2, -0.15) is 0 Å². The molecule has 0 fully saturated rings. The number of thiazole rings is 1. The minimum absolute atomic E-state index is 0.677. The smallest absolute Gasteiger partial charge is 0.124 e. The van der Waals surface area contributed by atoms with Crippen LogP contribution in [0.4, 0.5) is 0 Å². The molecule has 0 radical (unpaired) electrons. The van der Waals surface area contributed by atoms with Crippen molar-refractivity contribution in [3.05, 3.63) is 53.1 Å². The molecular formula is C15H13ClN2S. The zero-order valence-electron chi connectivity index (χ0n) is 10.3. The van der Waals surface area contributed by atoms with Gasteiger partial charge in [-0.3, -0.25) is 0 Å². The number of halogens is 1. The van der Waals surface area contributed by atoms with Crippen molar-refractivity contribution >= 4 is 33.2 Å². The Bertz CT molecular complexity index is 704. The Morgan fingerprint density at radius 1 is 1.11 bits per heavy atom. The van der Waals surface area contributed by atoms with Crippen LogP contribution in [-0.2, 0) is 6.42 Å². The highest BCUT2D eigenvalue weighted by Gasteiger charge is 2.08. The van der Waals surface area contributed by atoms with Crippen LogP contribution in [0.5, 0.6) is 0 Å². The predicted octanol–water partition coefficient (Wildman–Crippen LogP) is 4.12. The van der Waals surface area contributed by atoms with Crippen LogP contribution in [0.2, 0.25) is 5.02 Å². The van der Waals surface area contributed by atoms with Gasteiger partial charge in [-0.05, 0) is 30.7 Å². The summed E-state index contributed by atoms with van der Waals surface area (Å²) in [7, 11) is 0.